The molecule has 0 bridgehead atoms. The fourth-order valence-electron chi connectivity index (χ4n) is 4.17. The first-order chi connectivity index (χ1) is 16.9. The molecule has 1 saturated heterocycles. The third kappa shape index (κ3) is 4.06. The Bertz CT molecular complexity index is 1490. The lowest BCUT2D eigenvalue weighted by Gasteiger charge is -2.23. The lowest BCUT2D eigenvalue weighted by molar-refractivity contribution is -0.132. The molecule has 0 spiro atoms. The Morgan fingerprint density at radius 1 is 1.11 bits per heavy atom. The van der Waals surface area contributed by atoms with Gasteiger partial charge in [-0.15, -0.1) is 0 Å². The largest absolute Gasteiger partial charge is 0.507 e. The maximum absolute atomic E-state index is 13.5. The summed E-state index contributed by atoms with van der Waals surface area (Å²) in [4.78, 5) is 32.6. The van der Waals surface area contributed by atoms with Gasteiger partial charge in [-0.05, 0) is 73.5 Å². The Kier molecular flexibility index (Phi) is 5.82. The molecule has 3 aromatic carbocycles. The molecule has 8 heteroatoms. The van der Waals surface area contributed by atoms with Crippen LogP contribution in [0.5, 0.6) is 5.75 Å². The van der Waals surface area contributed by atoms with Gasteiger partial charge in [-0.1, -0.05) is 29.5 Å². The molecule has 0 aliphatic carbocycles. The third-order valence-electron chi connectivity index (χ3n) is 5.79. The highest BCUT2D eigenvalue weighted by atomic mass is 32.1. The Morgan fingerprint density at radius 3 is 2.63 bits per heavy atom. The van der Waals surface area contributed by atoms with Gasteiger partial charge in [-0.2, -0.15) is 0 Å². The van der Waals surface area contributed by atoms with Crippen LogP contribution in [0.15, 0.2) is 72.3 Å². The molecule has 1 aliphatic rings. The van der Waals surface area contributed by atoms with Crippen LogP contribution in [0.1, 0.15) is 29.7 Å². The highest BCUT2D eigenvalue weighted by Crippen LogP contribution is 2.44. The van der Waals surface area contributed by atoms with Gasteiger partial charge in [0, 0.05) is 5.56 Å². The average Bonchev–Trinajstić information content (AvgIpc) is 3.37. The average molecular weight is 489 g/mol. The molecular formula is C27H21FN2O4S. The van der Waals surface area contributed by atoms with E-state index in [1.54, 1.807) is 24.3 Å². The van der Waals surface area contributed by atoms with Crippen LogP contribution in [0.25, 0.3) is 16.0 Å². The van der Waals surface area contributed by atoms with Gasteiger partial charge in [0.1, 0.15) is 17.3 Å². The van der Waals surface area contributed by atoms with Crippen LogP contribution in [0.3, 0.4) is 0 Å². The van der Waals surface area contributed by atoms with E-state index in [4.69, 9.17) is 4.74 Å². The zero-order valence-electron chi connectivity index (χ0n) is 19.0. The number of hydrogen-bond donors (Lipinski definition) is 1. The molecule has 1 fully saturated rings. The smallest absolute Gasteiger partial charge is 0.301 e. The van der Waals surface area contributed by atoms with Gasteiger partial charge in [0.2, 0.25) is 0 Å². The number of halogens is 1. The molecule has 1 N–H and O–H groups in total. The van der Waals surface area contributed by atoms with Gasteiger partial charge in [0.05, 0.1) is 28.4 Å². The van der Waals surface area contributed by atoms with E-state index < -0.39 is 23.5 Å². The number of rotatable bonds is 5. The van der Waals surface area contributed by atoms with E-state index in [9.17, 15) is 19.1 Å². The molecule has 6 nitrogen and oxygen atoms in total. The Morgan fingerprint density at radius 2 is 1.89 bits per heavy atom. The molecule has 1 aliphatic heterocycles. The number of anilines is 1. The summed E-state index contributed by atoms with van der Waals surface area (Å²) in [6.45, 7) is 4.26. The molecule has 0 radical (unpaired) electrons. The van der Waals surface area contributed by atoms with Crippen molar-refractivity contribution in [3.05, 3.63) is 94.8 Å². The molecule has 0 saturated carbocycles. The summed E-state index contributed by atoms with van der Waals surface area (Å²) in [5.74, 6) is -1.93. The van der Waals surface area contributed by atoms with Crippen LogP contribution in [-0.4, -0.2) is 28.4 Å². The van der Waals surface area contributed by atoms with Gasteiger partial charge >= 0.3 is 5.91 Å². The van der Waals surface area contributed by atoms with E-state index in [-0.39, 0.29) is 16.9 Å². The summed E-state index contributed by atoms with van der Waals surface area (Å²) < 4.78 is 20.0. The number of nitrogens with zero attached hydrogens (tertiary/aromatic N) is 2. The van der Waals surface area contributed by atoms with Crippen molar-refractivity contribution in [1.29, 1.82) is 0 Å². The molecule has 1 aromatic heterocycles. The van der Waals surface area contributed by atoms with Crippen LogP contribution in [-0.2, 0) is 9.59 Å². The van der Waals surface area contributed by atoms with Crippen LogP contribution in [0.4, 0.5) is 9.52 Å². The van der Waals surface area contributed by atoms with Crippen molar-refractivity contribution < 1.29 is 23.8 Å². The minimum atomic E-state index is -0.942. The summed E-state index contributed by atoms with van der Waals surface area (Å²) in [5.41, 5.74) is 2.47. The maximum atomic E-state index is 13.5. The molecule has 1 amide bonds. The molecule has 4 aromatic rings. The first-order valence-corrected chi connectivity index (χ1v) is 11.9. The Balaban J connectivity index is 1.72. The second-order valence-corrected chi connectivity index (χ2v) is 9.16. The Hall–Kier alpha value is -4.04. The van der Waals surface area contributed by atoms with Crippen LogP contribution >= 0.6 is 11.3 Å². The fourth-order valence-corrected chi connectivity index (χ4v) is 5.26. The number of amides is 1. The number of aromatic nitrogens is 1. The number of carbonyl (C=O) groups is 2. The van der Waals surface area contributed by atoms with E-state index in [0.29, 0.717) is 28.6 Å². The van der Waals surface area contributed by atoms with Crippen molar-refractivity contribution >= 4 is 44.1 Å². The number of thiazole rings is 1. The second kappa shape index (κ2) is 8.96. The van der Waals surface area contributed by atoms with Crippen molar-refractivity contribution in [2.45, 2.75) is 19.9 Å². The summed E-state index contributed by atoms with van der Waals surface area (Å²) >= 11 is 1.30. The molecule has 176 valence electrons. The van der Waals surface area contributed by atoms with Crippen LogP contribution < -0.4 is 9.64 Å². The topological polar surface area (TPSA) is 79.7 Å². The van der Waals surface area contributed by atoms with E-state index in [0.717, 1.165) is 10.3 Å². The van der Waals surface area contributed by atoms with Crippen LogP contribution in [0.2, 0.25) is 0 Å². The molecule has 2 heterocycles. The quantitative estimate of drug-likeness (QED) is 0.219. The number of Topliss-reactive ketones (excluding diaryl/α,β-unsaturated/α-hetero) is 1. The van der Waals surface area contributed by atoms with E-state index in [1.165, 1.54) is 40.5 Å². The monoisotopic (exact) mass is 488 g/mol. The number of aryl methyl sites for hydroxylation is 1. The summed E-state index contributed by atoms with van der Waals surface area (Å²) in [6, 6.07) is 17.0. The standard InChI is InChI=1S/C27H21FN2O4S/c1-3-34-19-6-4-5-17(14-19)23-22(24(31)16-8-10-18(28)11-9-16)25(32)26(33)30(23)27-29-20-12-7-15(2)13-21(20)35-27/h4-14,23,31H,3H2,1-2H3. The summed E-state index contributed by atoms with van der Waals surface area (Å²) in [6.07, 6.45) is 0. The lowest BCUT2D eigenvalue weighted by atomic mass is 9.95. The molecular weight excluding hydrogens is 467 g/mol. The van der Waals surface area contributed by atoms with E-state index in [2.05, 4.69) is 4.98 Å². The highest BCUT2D eigenvalue weighted by Gasteiger charge is 2.48. The Labute approximate surface area is 204 Å². The van der Waals surface area contributed by atoms with Gasteiger partial charge in [-0.25, -0.2) is 9.37 Å². The van der Waals surface area contributed by atoms with E-state index in [1.807, 2.05) is 32.0 Å². The minimum Gasteiger partial charge on any atom is -0.507 e. The number of benzene rings is 3. The fraction of sp³-hybridized carbons (Fsp3) is 0.148. The van der Waals surface area contributed by atoms with Crippen molar-refractivity contribution in [2.75, 3.05) is 11.5 Å². The summed E-state index contributed by atoms with van der Waals surface area (Å²) in [7, 11) is 0. The zero-order chi connectivity index (χ0) is 24.7. The number of hydrogen-bond acceptors (Lipinski definition) is 6. The first kappa shape index (κ1) is 22.7. The first-order valence-electron chi connectivity index (χ1n) is 11.0. The zero-order valence-corrected chi connectivity index (χ0v) is 19.8. The summed E-state index contributed by atoms with van der Waals surface area (Å²) in [5, 5.41) is 11.5. The van der Waals surface area contributed by atoms with Gasteiger partial charge in [0.25, 0.3) is 5.78 Å². The second-order valence-electron chi connectivity index (χ2n) is 8.15. The SMILES string of the molecule is CCOc1cccc(C2C(=C(O)c3ccc(F)cc3)C(=O)C(=O)N2c2nc3ccc(C)cc3s2)c1. The number of ether oxygens (including phenoxy) is 1. The minimum absolute atomic E-state index is 0.0920. The van der Waals surface area contributed by atoms with Gasteiger partial charge < -0.3 is 9.84 Å². The van der Waals surface area contributed by atoms with Crippen molar-refractivity contribution in [1.82, 2.24) is 4.98 Å². The number of aliphatic hydroxyl groups is 1. The molecule has 5 rings (SSSR count). The van der Waals surface area contributed by atoms with Crippen molar-refractivity contribution in [3.63, 3.8) is 0 Å². The van der Waals surface area contributed by atoms with Crippen molar-refractivity contribution in [2.24, 2.45) is 0 Å². The number of fused-ring (bicyclic) bond motifs is 1. The van der Waals surface area contributed by atoms with Gasteiger partial charge in [-0.3, -0.25) is 14.5 Å². The highest BCUT2D eigenvalue weighted by molar-refractivity contribution is 7.22. The number of carbonyl (C=O) groups excluding carboxylic acids is 2. The maximum Gasteiger partial charge on any atom is 0.301 e. The molecule has 1 atom stereocenters. The molecule has 1 unspecified atom stereocenters. The predicted molar refractivity (Wildman–Crippen MR) is 133 cm³/mol. The van der Waals surface area contributed by atoms with Crippen molar-refractivity contribution in [3.8, 4) is 5.75 Å². The predicted octanol–water partition coefficient (Wildman–Crippen LogP) is 5.77. The van der Waals surface area contributed by atoms with Crippen LogP contribution in [0, 0.1) is 12.7 Å². The van der Waals surface area contributed by atoms with Gasteiger partial charge in [0.15, 0.2) is 5.13 Å². The molecule has 35 heavy (non-hydrogen) atoms. The lowest BCUT2D eigenvalue weighted by Crippen LogP contribution is -2.29. The normalized spacial score (nSPS) is 17.3. The van der Waals surface area contributed by atoms with E-state index >= 15 is 0 Å². The third-order valence-corrected chi connectivity index (χ3v) is 6.80. The number of aliphatic hydroxyl groups excluding tert-OH is 1. The number of ketones is 1.